The number of benzene rings is 2. The number of nitrogens with zero attached hydrogens (tertiary/aromatic N) is 1. The Morgan fingerprint density at radius 3 is 2.69 bits per heavy atom. The number of hydrogen-bond acceptors (Lipinski definition) is 4. The third-order valence-electron chi connectivity index (χ3n) is 3.73. The maximum atomic E-state index is 14.3. The maximum Gasteiger partial charge on any atom is 0.325 e. The minimum absolute atomic E-state index is 0.0872. The van der Waals surface area contributed by atoms with Gasteiger partial charge in [0.1, 0.15) is 17.4 Å². The summed E-state index contributed by atoms with van der Waals surface area (Å²) in [7, 11) is 0. The van der Waals surface area contributed by atoms with Crippen molar-refractivity contribution in [3.05, 3.63) is 47.8 Å². The predicted octanol–water partition coefficient (Wildman–Crippen LogP) is 3.54. The standard InChI is InChI=1S/C18H16FN3O4/c1-9-3-6-15-14(7-9)21-16(26-15)11-4-5-13(12(19)8-11)22-18(25)20-10(2)17(23)24/h3-8,10H,1-2H3,(H,23,24)(H2,20,22,25). The maximum absolute atomic E-state index is 14.3. The molecular weight excluding hydrogens is 341 g/mol. The number of urea groups is 1. The lowest BCUT2D eigenvalue weighted by Gasteiger charge is -2.11. The highest BCUT2D eigenvalue weighted by Crippen LogP contribution is 2.27. The molecule has 3 aromatic rings. The van der Waals surface area contributed by atoms with Crippen LogP contribution in [-0.4, -0.2) is 28.1 Å². The van der Waals surface area contributed by atoms with Crippen LogP contribution in [0.3, 0.4) is 0 Å². The number of carboxylic acid groups (broad SMARTS) is 1. The number of halogens is 1. The Bertz CT molecular complexity index is 999. The van der Waals surface area contributed by atoms with Crippen molar-refractivity contribution in [1.29, 1.82) is 0 Å². The molecule has 1 atom stereocenters. The van der Waals surface area contributed by atoms with Gasteiger partial charge >= 0.3 is 12.0 Å². The fourth-order valence-electron chi connectivity index (χ4n) is 2.33. The SMILES string of the molecule is Cc1ccc2oc(-c3ccc(NC(=O)NC(C)C(=O)O)c(F)c3)nc2c1. The van der Waals surface area contributed by atoms with Crippen molar-refractivity contribution in [3.8, 4) is 11.5 Å². The van der Waals surface area contributed by atoms with E-state index in [-0.39, 0.29) is 11.6 Å². The highest BCUT2D eigenvalue weighted by molar-refractivity contribution is 5.92. The molecule has 0 spiro atoms. The summed E-state index contributed by atoms with van der Waals surface area (Å²) in [6.45, 7) is 3.24. The molecule has 0 saturated heterocycles. The van der Waals surface area contributed by atoms with E-state index in [2.05, 4.69) is 15.6 Å². The first-order chi connectivity index (χ1) is 12.3. The Morgan fingerprint density at radius 2 is 2.00 bits per heavy atom. The Kier molecular flexibility index (Phi) is 4.57. The molecule has 0 bridgehead atoms. The van der Waals surface area contributed by atoms with Crippen molar-refractivity contribution < 1.29 is 23.5 Å². The van der Waals surface area contributed by atoms with Crippen LogP contribution in [0.25, 0.3) is 22.6 Å². The lowest BCUT2D eigenvalue weighted by atomic mass is 10.2. The number of carbonyl (C=O) groups excluding carboxylic acids is 1. The summed E-state index contributed by atoms with van der Waals surface area (Å²) in [6, 6.07) is 7.73. The van der Waals surface area contributed by atoms with Crippen LogP contribution in [0.4, 0.5) is 14.9 Å². The molecule has 2 amide bonds. The summed E-state index contributed by atoms with van der Waals surface area (Å²) in [4.78, 5) is 26.8. The number of hydrogen-bond donors (Lipinski definition) is 3. The number of aromatic nitrogens is 1. The van der Waals surface area contributed by atoms with Crippen LogP contribution < -0.4 is 10.6 Å². The second kappa shape index (κ2) is 6.83. The molecule has 7 nitrogen and oxygen atoms in total. The molecule has 0 fully saturated rings. The third-order valence-corrected chi connectivity index (χ3v) is 3.73. The van der Waals surface area contributed by atoms with Crippen LogP contribution in [0.2, 0.25) is 0 Å². The van der Waals surface area contributed by atoms with Gasteiger partial charge in [-0.1, -0.05) is 6.07 Å². The van der Waals surface area contributed by atoms with E-state index >= 15 is 0 Å². The summed E-state index contributed by atoms with van der Waals surface area (Å²) in [5.41, 5.74) is 2.63. The largest absolute Gasteiger partial charge is 0.480 e. The van der Waals surface area contributed by atoms with Gasteiger partial charge in [0.05, 0.1) is 5.69 Å². The Labute approximate surface area is 147 Å². The summed E-state index contributed by atoms with van der Waals surface area (Å²) in [5, 5.41) is 13.2. The van der Waals surface area contributed by atoms with Crippen LogP contribution in [0.5, 0.6) is 0 Å². The van der Waals surface area contributed by atoms with Gasteiger partial charge in [0.25, 0.3) is 0 Å². The molecule has 0 saturated carbocycles. The number of carboxylic acids is 1. The Balaban J connectivity index is 1.80. The van der Waals surface area contributed by atoms with E-state index in [1.807, 2.05) is 19.1 Å². The second-order valence-electron chi connectivity index (χ2n) is 5.84. The molecule has 8 heteroatoms. The molecule has 0 aliphatic rings. The van der Waals surface area contributed by atoms with E-state index in [0.717, 1.165) is 5.56 Å². The first kappa shape index (κ1) is 17.4. The van der Waals surface area contributed by atoms with Gasteiger partial charge in [-0.05, 0) is 49.7 Å². The fraction of sp³-hybridized carbons (Fsp3) is 0.167. The van der Waals surface area contributed by atoms with Crippen LogP contribution in [-0.2, 0) is 4.79 Å². The first-order valence-corrected chi connectivity index (χ1v) is 7.81. The topological polar surface area (TPSA) is 104 Å². The van der Waals surface area contributed by atoms with Crippen LogP contribution in [0.15, 0.2) is 40.8 Å². The molecule has 1 unspecified atom stereocenters. The van der Waals surface area contributed by atoms with Crippen molar-refractivity contribution >= 4 is 28.8 Å². The number of anilines is 1. The number of aryl methyl sites for hydroxylation is 1. The van der Waals surface area contributed by atoms with Crippen LogP contribution >= 0.6 is 0 Å². The van der Waals surface area contributed by atoms with E-state index in [1.54, 1.807) is 12.1 Å². The number of nitrogens with one attached hydrogen (secondary N) is 2. The van der Waals surface area contributed by atoms with E-state index < -0.39 is 23.9 Å². The van der Waals surface area contributed by atoms with E-state index in [4.69, 9.17) is 9.52 Å². The third kappa shape index (κ3) is 3.64. The van der Waals surface area contributed by atoms with Gasteiger partial charge in [0, 0.05) is 5.56 Å². The molecular formula is C18H16FN3O4. The van der Waals surface area contributed by atoms with E-state index in [9.17, 15) is 14.0 Å². The van der Waals surface area contributed by atoms with Gasteiger partial charge < -0.3 is 20.2 Å². The average molecular weight is 357 g/mol. The minimum atomic E-state index is -1.19. The highest BCUT2D eigenvalue weighted by Gasteiger charge is 2.16. The van der Waals surface area contributed by atoms with Gasteiger partial charge in [0.2, 0.25) is 5.89 Å². The van der Waals surface area contributed by atoms with Gasteiger partial charge in [-0.2, -0.15) is 0 Å². The van der Waals surface area contributed by atoms with Crippen LogP contribution in [0.1, 0.15) is 12.5 Å². The zero-order chi connectivity index (χ0) is 18.8. The van der Waals surface area contributed by atoms with Crippen molar-refractivity contribution in [2.75, 3.05) is 5.32 Å². The molecule has 2 aromatic carbocycles. The molecule has 0 radical (unpaired) electrons. The average Bonchev–Trinajstić information content (AvgIpc) is 2.99. The molecule has 3 N–H and O–H groups in total. The number of fused-ring (bicyclic) bond motifs is 1. The predicted molar refractivity (Wildman–Crippen MR) is 93.4 cm³/mol. The van der Waals surface area contributed by atoms with Crippen molar-refractivity contribution in [2.45, 2.75) is 19.9 Å². The second-order valence-corrected chi connectivity index (χ2v) is 5.84. The van der Waals surface area contributed by atoms with Crippen molar-refractivity contribution in [2.24, 2.45) is 0 Å². The van der Waals surface area contributed by atoms with E-state index in [1.165, 1.54) is 19.1 Å². The smallest absolute Gasteiger partial charge is 0.325 e. The lowest BCUT2D eigenvalue weighted by Crippen LogP contribution is -2.41. The lowest BCUT2D eigenvalue weighted by molar-refractivity contribution is -0.138. The van der Waals surface area contributed by atoms with Crippen molar-refractivity contribution in [3.63, 3.8) is 0 Å². The highest BCUT2D eigenvalue weighted by atomic mass is 19.1. The van der Waals surface area contributed by atoms with Gasteiger partial charge in [0.15, 0.2) is 5.58 Å². The zero-order valence-electron chi connectivity index (χ0n) is 14.0. The molecule has 26 heavy (non-hydrogen) atoms. The molecule has 134 valence electrons. The van der Waals surface area contributed by atoms with Gasteiger partial charge in [-0.15, -0.1) is 0 Å². The molecule has 0 aliphatic carbocycles. The van der Waals surface area contributed by atoms with E-state index in [0.29, 0.717) is 16.7 Å². The minimum Gasteiger partial charge on any atom is -0.480 e. The summed E-state index contributed by atoms with van der Waals surface area (Å²) >= 11 is 0. The molecule has 3 rings (SSSR count). The number of aliphatic carboxylic acids is 1. The first-order valence-electron chi connectivity index (χ1n) is 7.81. The zero-order valence-corrected chi connectivity index (χ0v) is 14.0. The molecule has 1 heterocycles. The fourth-order valence-corrected chi connectivity index (χ4v) is 2.33. The number of oxazole rings is 1. The number of amides is 2. The van der Waals surface area contributed by atoms with Gasteiger partial charge in [-0.25, -0.2) is 14.2 Å². The van der Waals surface area contributed by atoms with Gasteiger partial charge in [-0.3, -0.25) is 4.79 Å². The summed E-state index contributed by atoms with van der Waals surface area (Å²) < 4.78 is 19.9. The monoisotopic (exact) mass is 357 g/mol. The quantitative estimate of drug-likeness (QED) is 0.662. The summed E-state index contributed by atoms with van der Waals surface area (Å²) in [5.74, 6) is -1.62. The number of carbonyl (C=O) groups is 2. The summed E-state index contributed by atoms with van der Waals surface area (Å²) in [6.07, 6.45) is 0. The normalized spacial score (nSPS) is 12.0. The molecule has 1 aromatic heterocycles. The molecule has 0 aliphatic heterocycles. The Hall–Kier alpha value is -3.42. The number of rotatable bonds is 4. The van der Waals surface area contributed by atoms with Crippen molar-refractivity contribution in [1.82, 2.24) is 10.3 Å². The van der Waals surface area contributed by atoms with Crippen LogP contribution in [0, 0.1) is 12.7 Å². The Morgan fingerprint density at radius 1 is 1.23 bits per heavy atom.